The van der Waals surface area contributed by atoms with Gasteiger partial charge in [0.25, 0.3) is 5.69 Å². The average Bonchev–Trinajstić information content (AvgIpc) is 2.41. The van der Waals surface area contributed by atoms with Gasteiger partial charge in [-0.3, -0.25) is 10.1 Å². The van der Waals surface area contributed by atoms with Gasteiger partial charge in [0.15, 0.2) is 0 Å². The first-order valence-electron chi connectivity index (χ1n) is 5.66. The minimum absolute atomic E-state index is 0.131. The van der Waals surface area contributed by atoms with Gasteiger partial charge in [0.2, 0.25) is 0 Å². The standard InChI is InChI=1S/C13H10Br2N2O4/c1-20-12-5-11(15)13(6-10(12)14)21-9-3-7(16)2-8(4-9)17(18)19/h2-6H,16H2,1H3. The largest absolute Gasteiger partial charge is 0.496 e. The second kappa shape index (κ2) is 6.31. The maximum Gasteiger partial charge on any atom is 0.275 e. The Balaban J connectivity index is 2.38. The summed E-state index contributed by atoms with van der Waals surface area (Å²) < 4.78 is 12.1. The first-order valence-corrected chi connectivity index (χ1v) is 7.25. The molecule has 0 radical (unpaired) electrons. The molecular formula is C13H10Br2N2O4. The Kier molecular flexibility index (Phi) is 4.69. The Bertz CT molecular complexity index is 707. The van der Waals surface area contributed by atoms with Crippen LogP contribution in [0.15, 0.2) is 39.3 Å². The number of nitrogens with zero attached hydrogens (tertiary/aromatic N) is 1. The van der Waals surface area contributed by atoms with Gasteiger partial charge in [-0.15, -0.1) is 0 Å². The summed E-state index contributed by atoms with van der Waals surface area (Å²) in [5.41, 5.74) is 5.76. The number of rotatable bonds is 4. The third kappa shape index (κ3) is 3.64. The van der Waals surface area contributed by atoms with Gasteiger partial charge in [-0.05, 0) is 44.0 Å². The summed E-state index contributed by atoms with van der Waals surface area (Å²) in [6.45, 7) is 0. The van der Waals surface area contributed by atoms with E-state index in [1.807, 2.05) is 0 Å². The normalized spacial score (nSPS) is 10.2. The monoisotopic (exact) mass is 416 g/mol. The Hall–Kier alpha value is -1.80. The summed E-state index contributed by atoms with van der Waals surface area (Å²) in [6, 6.07) is 7.50. The first-order chi connectivity index (χ1) is 9.90. The van der Waals surface area contributed by atoms with Crippen LogP contribution < -0.4 is 15.2 Å². The fraction of sp³-hybridized carbons (Fsp3) is 0.0769. The number of anilines is 1. The van der Waals surface area contributed by atoms with Gasteiger partial charge in [0.05, 0.1) is 27.0 Å². The highest BCUT2D eigenvalue weighted by molar-refractivity contribution is 9.11. The zero-order chi connectivity index (χ0) is 15.6. The summed E-state index contributed by atoms with van der Waals surface area (Å²) in [6.07, 6.45) is 0. The number of nitrogen functional groups attached to an aromatic ring is 1. The molecule has 2 N–H and O–H groups in total. The van der Waals surface area contributed by atoms with Crippen molar-refractivity contribution >= 4 is 43.2 Å². The Morgan fingerprint density at radius 1 is 1.10 bits per heavy atom. The molecule has 0 aromatic heterocycles. The molecule has 0 bridgehead atoms. The van der Waals surface area contributed by atoms with Gasteiger partial charge in [0, 0.05) is 17.8 Å². The van der Waals surface area contributed by atoms with E-state index in [1.165, 1.54) is 18.2 Å². The summed E-state index contributed by atoms with van der Waals surface area (Å²) in [4.78, 5) is 10.3. The van der Waals surface area contributed by atoms with E-state index in [1.54, 1.807) is 19.2 Å². The molecule has 110 valence electrons. The lowest BCUT2D eigenvalue weighted by Crippen LogP contribution is -1.94. The maximum atomic E-state index is 10.8. The fourth-order valence-corrected chi connectivity index (χ4v) is 2.53. The molecule has 0 atom stereocenters. The molecule has 0 fully saturated rings. The topological polar surface area (TPSA) is 87.6 Å². The number of nitro benzene ring substituents is 1. The van der Waals surface area contributed by atoms with Crippen molar-refractivity contribution in [3.63, 3.8) is 0 Å². The van der Waals surface area contributed by atoms with Crippen LogP contribution in [-0.2, 0) is 0 Å². The van der Waals surface area contributed by atoms with Crippen LogP contribution in [-0.4, -0.2) is 12.0 Å². The van der Waals surface area contributed by atoms with E-state index in [0.29, 0.717) is 20.4 Å². The molecule has 2 aromatic carbocycles. The molecule has 0 aliphatic rings. The highest BCUT2D eigenvalue weighted by Gasteiger charge is 2.13. The van der Waals surface area contributed by atoms with Crippen LogP contribution in [0.25, 0.3) is 0 Å². The summed E-state index contributed by atoms with van der Waals surface area (Å²) in [7, 11) is 1.55. The summed E-state index contributed by atoms with van der Waals surface area (Å²) >= 11 is 6.70. The molecule has 0 saturated carbocycles. The van der Waals surface area contributed by atoms with Gasteiger partial charge >= 0.3 is 0 Å². The number of hydrogen-bond donors (Lipinski definition) is 1. The van der Waals surface area contributed by atoms with Gasteiger partial charge < -0.3 is 15.2 Å². The number of nitro groups is 1. The van der Waals surface area contributed by atoms with Gasteiger partial charge in [-0.2, -0.15) is 0 Å². The van der Waals surface area contributed by atoms with E-state index in [2.05, 4.69) is 31.9 Å². The average molecular weight is 418 g/mol. The zero-order valence-corrected chi connectivity index (χ0v) is 14.0. The van der Waals surface area contributed by atoms with Crippen LogP contribution in [0.5, 0.6) is 17.2 Å². The molecule has 6 nitrogen and oxygen atoms in total. The molecule has 0 aliphatic carbocycles. The highest BCUT2D eigenvalue weighted by Crippen LogP contribution is 2.39. The van der Waals surface area contributed by atoms with Gasteiger partial charge in [-0.25, -0.2) is 0 Å². The number of halogens is 2. The number of non-ortho nitro benzene ring substituents is 1. The molecule has 0 aliphatic heterocycles. The van der Waals surface area contributed by atoms with E-state index in [9.17, 15) is 10.1 Å². The van der Waals surface area contributed by atoms with Crippen LogP contribution in [0.1, 0.15) is 0 Å². The van der Waals surface area contributed by atoms with Crippen LogP contribution in [0, 0.1) is 10.1 Å². The molecule has 0 spiro atoms. The highest BCUT2D eigenvalue weighted by atomic mass is 79.9. The minimum Gasteiger partial charge on any atom is -0.496 e. The van der Waals surface area contributed by atoms with Crippen molar-refractivity contribution in [2.24, 2.45) is 0 Å². The van der Waals surface area contributed by atoms with E-state index in [0.717, 1.165) is 0 Å². The Labute approximate surface area is 137 Å². The van der Waals surface area contributed by atoms with E-state index < -0.39 is 4.92 Å². The van der Waals surface area contributed by atoms with Crippen molar-refractivity contribution in [2.45, 2.75) is 0 Å². The lowest BCUT2D eigenvalue weighted by atomic mass is 10.2. The molecule has 2 rings (SSSR count). The van der Waals surface area contributed by atoms with Crippen molar-refractivity contribution in [1.82, 2.24) is 0 Å². The van der Waals surface area contributed by atoms with E-state index in [4.69, 9.17) is 15.2 Å². The molecule has 0 unspecified atom stereocenters. The second-order valence-corrected chi connectivity index (χ2v) is 5.75. The SMILES string of the molecule is COc1cc(Br)c(Oc2cc(N)cc([N+](=O)[O-])c2)cc1Br. The van der Waals surface area contributed by atoms with Crippen molar-refractivity contribution in [3.05, 3.63) is 49.4 Å². The summed E-state index contributed by atoms with van der Waals surface area (Å²) in [5.74, 6) is 1.38. The van der Waals surface area contributed by atoms with E-state index in [-0.39, 0.29) is 17.1 Å². The van der Waals surface area contributed by atoms with Crippen molar-refractivity contribution < 1.29 is 14.4 Å². The third-order valence-electron chi connectivity index (χ3n) is 2.56. The molecule has 21 heavy (non-hydrogen) atoms. The predicted octanol–water partition coefficient (Wildman–Crippen LogP) is 4.50. The Morgan fingerprint density at radius 2 is 1.71 bits per heavy atom. The second-order valence-electron chi connectivity index (χ2n) is 4.04. The number of methoxy groups -OCH3 is 1. The van der Waals surface area contributed by atoms with Crippen molar-refractivity contribution in [3.8, 4) is 17.2 Å². The predicted molar refractivity (Wildman–Crippen MR) is 86.0 cm³/mol. The molecule has 2 aromatic rings. The molecule has 0 amide bonds. The van der Waals surface area contributed by atoms with Crippen LogP contribution in [0.4, 0.5) is 11.4 Å². The lowest BCUT2D eigenvalue weighted by Gasteiger charge is -2.11. The lowest BCUT2D eigenvalue weighted by molar-refractivity contribution is -0.384. The number of hydrogen-bond acceptors (Lipinski definition) is 5. The van der Waals surface area contributed by atoms with Crippen LogP contribution in [0.3, 0.4) is 0 Å². The minimum atomic E-state index is -0.526. The smallest absolute Gasteiger partial charge is 0.275 e. The van der Waals surface area contributed by atoms with Gasteiger partial charge in [0.1, 0.15) is 17.2 Å². The van der Waals surface area contributed by atoms with Crippen molar-refractivity contribution in [1.29, 1.82) is 0 Å². The maximum absolute atomic E-state index is 10.8. The Morgan fingerprint density at radius 3 is 2.33 bits per heavy atom. The van der Waals surface area contributed by atoms with Gasteiger partial charge in [-0.1, -0.05) is 0 Å². The zero-order valence-electron chi connectivity index (χ0n) is 10.8. The number of nitrogens with two attached hydrogens (primary N) is 1. The van der Waals surface area contributed by atoms with Crippen LogP contribution >= 0.6 is 31.9 Å². The molecular weight excluding hydrogens is 408 g/mol. The first kappa shape index (κ1) is 15.6. The van der Waals surface area contributed by atoms with Crippen molar-refractivity contribution in [2.75, 3.05) is 12.8 Å². The van der Waals surface area contributed by atoms with Crippen LogP contribution in [0.2, 0.25) is 0 Å². The molecule has 0 heterocycles. The number of benzene rings is 2. The quantitative estimate of drug-likeness (QED) is 0.449. The molecule has 0 saturated heterocycles. The third-order valence-corrected chi connectivity index (χ3v) is 3.80. The van der Waals surface area contributed by atoms with E-state index >= 15 is 0 Å². The fourth-order valence-electron chi connectivity index (χ4n) is 1.64. The number of ether oxygens (including phenoxy) is 2. The molecule has 8 heteroatoms. The summed E-state index contributed by atoms with van der Waals surface area (Å²) in [5, 5.41) is 10.8.